The summed E-state index contributed by atoms with van der Waals surface area (Å²) in [7, 11) is 0. The van der Waals surface area contributed by atoms with Crippen LogP contribution in [0.15, 0.2) is 29.4 Å². The molecular weight excluding hydrogens is 338 g/mol. The van der Waals surface area contributed by atoms with E-state index in [1.54, 1.807) is 52.0 Å². The Balaban J connectivity index is 2.64. The molecule has 2 N–H and O–H groups in total. The molecule has 1 rings (SSSR count). The molecule has 0 bridgehead atoms. The van der Waals surface area contributed by atoms with E-state index in [1.807, 2.05) is 13.8 Å². The molecule has 0 aliphatic heterocycles. The molecule has 0 radical (unpaired) electrons. The summed E-state index contributed by atoms with van der Waals surface area (Å²) in [4.78, 5) is 23.5. The van der Waals surface area contributed by atoms with E-state index in [0.717, 1.165) is 5.56 Å². The molecule has 0 aliphatic rings. The Morgan fingerprint density at radius 2 is 1.68 bits per heavy atom. The summed E-state index contributed by atoms with van der Waals surface area (Å²) in [5.41, 5.74) is 4.08. The number of carbonyl (C=O) groups excluding carboxylic acids is 2. The third kappa shape index (κ3) is 9.14. The van der Waals surface area contributed by atoms with Crippen molar-refractivity contribution in [1.29, 1.82) is 0 Å². The maximum absolute atomic E-state index is 11.8. The molecule has 0 unspecified atom stereocenters. The molecule has 0 spiro atoms. The van der Waals surface area contributed by atoms with Crippen molar-refractivity contribution in [2.75, 3.05) is 5.32 Å². The van der Waals surface area contributed by atoms with E-state index < -0.39 is 11.7 Å². The first-order valence-electron chi connectivity index (χ1n) is 8.02. The number of thiol groups is 1. The average Bonchev–Trinajstić information content (AvgIpc) is 2.41. The molecule has 6 nitrogen and oxygen atoms in total. The fourth-order valence-electron chi connectivity index (χ4n) is 1.86. The maximum Gasteiger partial charge on any atom is 0.412 e. The number of rotatable bonds is 5. The lowest BCUT2D eigenvalue weighted by Crippen LogP contribution is -2.27. The van der Waals surface area contributed by atoms with Crippen LogP contribution in [0.3, 0.4) is 0 Å². The molecule has 0 aromatic heterocycles. The summed E-state index contributed by atoms with van der Waals surface area (Å²) in [5.74, 6) is -0.192. The molecule has 1 aromatic rings. The van der Waals surface area contributed by atoms with Gasteiger partial charge in [-0.2, -0.15) is 17.7 Å². The Labute approximate surface area is 154 Å². The van der Waals surface area contributed by atoms with Gasteiger partial charge in [0, 0.05) is 16.9 Å². The maximum atomic E-state index is 11.8. The van der Waals surface area contributed by atoms with Gasteiger partial charge in [0.1, 0.15) is 5.60 Å². The minimum Gasteiger partial charge on any atom is -0.444 e. The summed E-state index contributed by atoms with van der Waals surface area (Å²) in [5, 5.41) is 6.75. The van der Waals surface area contributed by atoms with Crippen LogP contribution in [0.5, 0.6) is 0 Å². The van der Waals surface area contributed by atoms with Crippen LogP contribution in [0.2, 0.25) is 0 Å². The minimum absolute atomic E-state index is 0.192. The summed E-state index contributed by atoms with van der Waals surface area (Å²) < 4.78 is 4.81. The zero-order chi connectivity index (χ0) is 19.3. The summed E-state index contributed by atoms with van der Waals surface area (Å²) in [6.07, 6.45) is -0.238. The van der Waals surface area contributed by atoms with Gasteiger partial charge in [0.05, 0.1) is 5.71 Å². The van der Waals surface area contributed by atoms with E-state index in [1.165, 1.54) is 0 Å². The lowest BCUT2D eigenvalue weighted by atomic mass is 10.1. The lowest BCUT2D eigenvalue weighted by molar-refractivity contribution is -0.121. The Morgan fingerprint density at radius 1 is 1.12 bits per heavy atom. The number of carbonyl (C=O) groups is 2. The SMILES string of the molecule is CC(=NNC(=O)CC(C)(C)S)c1ccc(NC(=O)OC(C)(C)C)cc1. The van der Waals surface area contributed by atoms with E-state index in [9.17, 15) is 9.59 Å². The fraction of sp³-hybridized carbons (Fsp3) is 0.500. The van der Waals surface area contributed by atoms with Gasteiger partial charge in [-0.3, -0.25) is 10.1 Å². The zero-order valence-corrected chi connectivity index (χ0v) is 16.5. The summed E-state index contributed by atoms with van der Waals surface area (Å²) >= 11 is 4.32. The minimum atomic E-state index is -0.549. The quantitative estimate of drug-likeness (QED) is 0.419. The Bertz CT molecular complexity index is 641. The number of amides is 2. The van der Waals surface area contributed by atoms with Gasteiger partial charge in [0.2, 0.25) is 5.91 Å². The number of ether oxygens (including phenoxy) is 1. The van der Waals surface area contributed by atoms with E-state index in [-0.39, 0.29) is 17.1 Å². The smallest absolute Gasteiger partial charge is 0.412 e. The van der Waals surface area contributed by atoms with Gasteiger partial charge in [-0.25, -0.2) is 10.2 Å². The van der Waals surface area contributed by atoms with Crippen LogP contribution in [-0.2, 0) is 9.53 Å². The van der Waals surface area contributed by atoms with Crippen molar-refractivity contribution in [2.24, 2.45) is 5.10 Å². The van der Waals surface area contributed by atoms with Crippen molar-refractivity contribution >= 4 is 36.0 Å². The van der Waals surface area contributed by atoms with Crippen molar-refractivity contribution in [3.8, 4) is 0 Å². The predicted molar refractivity (Wildman–Crippen MR) is 104 cm³/mol. The Kier molecular flexibility index (Phi) is 7.05. The van der Waals surface area contributed by atoms with E-state index in [0.29, 0.717) is 11.4 Å². The van der Waals surface area contributed by atoms with Gasteiger partial charge in [-0.05, 0) is 45.4 Å². The molecule has 2 amide bonds. The van der Waals surface area contributed by atoms with Gasteiger partial charge in [-0.1, -0.05) is 26.0 Å². The first kappa shape index (κ1) is 21.0. The highest BCUT2D eigenvalue weighted by Crippen LogP contribution is 2.16. The first-order valence-corrected chi connectivity index (χ1v) is 8.46. The fourth-order valence-corrected chi connectivity index (χ4v) is 2.00. The third-order valence-electron chi connectivity index (χ3n) is 2.89. The van der Waals surface area contributed by atoms with Crippen LogP contribution in [0.4, 0.5) is 10.5 Å². The van der Waals surface area contributed by atoms with Crippen LogP contribution in [-0.4, -0.2) is 28.1 Å². The monoisotopic (exact) mass is 365 g/mol. The number of benzene rings is 1. The van der Waals surface area contributed by atoms with Gasteiger partial charge in [0.15, 0.2) is 0 Å². The molecule has 25 heavy (non-hydrogen) atoms. The van der Waals surface area contributed by atoms with Gasteiger partial charge in [0.25, 0.3) is 0 Å². The van der Waals surface area contributed by atoms with Crippen molar-refractivity contribution in [2.45, 2.75) is 58.3 Å². The van der Waals surface area contributed by atoms with Gasteiger partial charge in [-0.15, -0.1) is 0 Å². The molecule has 0 fully saturated rings. The van der Waals surface area contributed by atoms with Crippen LogP contribution >= 0.6 is 12.6 Å². The highest BCUT2D eigenvalue weighted by atomic mass is 32.1. The average molecular weight is 365 g/mol. The topological polar surface area (TPSA) is 79.8 Å². The molecule has 1 aromatic carbocycles. The second-order valence-corrected chi connectivity index (χ2v) is 8.64. The van der Waals surface area contributed by atoms with Crippen molar-refractivity contribution < 1.29 is 14.3 Å². The van der Waals surface area contributed by atoms with Crippen LogP contribution in [0.1, 0.15) is 53.5 Å². The first-order chi connectivity index (χ1) is 11.4. The number of nitrogens with zero attached hydrogens (tertiary/aromatic N) is 1. The normalized spacial score (nSPS) is 12.5. The van der Waals surface area contributed by atoms with Crippen molar-refractivity contribution in [3.05, 3.63) is 29.8 Å². The third-order valence-corrected chi connectivity index (χ3v) is 3.05. The standard InChI is InChI=1S/C18H27N3O3S/c1-12(20-21-15(22)11-18(5,6)25)13-7-9-14(10-8-13)19-16(23)24-17(2,3)4/h7-10,25H,11H2,1-6H3,(H,19,23)(H,21,22). The van der Waals surface area contributed by atoms with Crippen molar-refractivity contribution in [3.63, 3.8) is 0 Å². The second kappa shape index (κ2) is 8.38. The number of hydrogen-bond donors (Lipinski definition) is 3. The van der Waals surface area contributed by atoms with Crippen LogP contribution in [0.25, 0.3) is 0 Å². The molecule has 0 atom stereocenters. The molecule has 7 heteroatoms. The summed E-state index contributed by atoms with van der Waals surface area (Å²) in [6, 6.07) is 7.11. The van der Waals surface area contributed by atoms with Gasteiger partial charge < -0.3 is 4.74 Å². The highest BCUT2D eigenvalue weighted by Gasteiger charge is 2.17. The molecule has 0 saturated carbocycles. The molecule has 0 aliphatic carbocycles. The van der Waals surface area contributed by atoms with Crippen LogP contribution in [0, 0.1) is 0 Å². The molecular formula is C18H27N3O3S. The van der Waals surface area contributed by atoms with E-state index in [4.69, 9.17) is 4.74 Å². The Hall–Kier alpha value is -2.02. The van der Waals surface area contributed by atoms with Gasteiger partial charge >= 0.3 is 6.09 Å². The second-order valence-electron chi connectivity index (χ2n) is 7.43. The highest BCUT2D eigenvalue weighted by molar-refractivity contribution is 7.81. The number of nitrogens with one attached hydrogen (secondary N) is 2. The number of anilines is 1. The zero-order valence-electron chi connectivity index (χ0n) is 15.6. The largest absolute Gasteiger partial charge is 0.444 e. The lowest BCUT2D eigenvalue weighted by Gasteiger charge is -2.19. The molecule has 138 valence electrons. The van der Waals surface area contributed by atoms with E-state index in [2.05, 4.69) is 28.5 Å². The van der Waals surface area contributed by atoms with Crippen LogP contribution < -0.4 is 10.7 Å². The molecule has 0 saturated heterocycles. The molecule has 0 heterocycles. The number of hydrazone groups is 1. The number of hydrogen-bond acceptors (Lipinski definition) is 5. The van der Waals surface area contributed by atoms with Crippen molar-refractivity contribution in [1.82, 2.24) is 5.43 Å². The summed E-state index contributed by atoms with van der Waals surface area (Å²) in [6.45, 7) is 10.9. The predicted octanol–water partition coefficient (Wildman–Crippen LogP) is 3.97. The Morgan fingerprint density at radius 3 is 2.16 bits per heavy atom. The van der Waals surface area contributed by atoms with E-state index >= 15 is 0 Å².